The highest BCUT2D eigenvalue weighted by molar-refractivity contribution is 5.27. The molecule has 1 saturated heterocycles. The number of nitrogens with two attached hydrogens (primary N) is 1. The van der Waals surface area contributed by atoms with Gasteiger partial charge < -0.3 is 10.5 Å². The predicted octanol–water partition coefficient (Wildman–Crippen LogP) is 2.34. The van der Waals surface area contributed by atoms with Crippen LogP contribution in [0.2, 0.25) is 0 Å². The molecule has 0 bridgehead atoms. The summed E-state index contributed by atoms with van der Waals surface area (Å²) in [7, 11) is 0. The van der Waals surface area contributed by atoms with Gasteiger partial charge in [-0.25, -0.2) is 8.78 Å². The Morgan fingerprint density at radius 1 is 1.42 bits per heavy atom. The van der Waals surface area contributed by atoms with Crippen LogP contribution >= 0.6 is 0 Å². The molecule has 19 heavy (non-hydrogen) atoms. The molecular weight excluding hydrogens is 250 g/mol. The van der Waals surface area contributed by atoms with E-state index in [1.807, 2.05) is 6.07 Å². The van der Waals surface area contributed by atoms with E-state index in [0.29, 0.717) is 19.8 Å². The Morgan fingerprint density at radius 3 is 2.79 bits per heavy atom. The smallest absolute Gasteiger partial charge is 0.263 e. The van der Waals surface area contributed by atoms with E-state index in [9.17, 15) is 8.78 Å². The van der Waals surface area contributed by atoms with E-state index in [2.05, 4.69) is 11.8 Å². The first-order chi connectivity index (χ1) is 9.13. The molecular formula is C14H20F2N2O. The number of rotatable bonds is 4. The third-order valence-electron chi connectivity index (χ3n) is 3.59. The zero-order valence-electron chi connectivity index (χ0n) is 11.1. The Morgan fingerprint density at radius 2 is 2.16 bits per heavy atom. The number of nitrogens with zero attached hydrogens (tertiary/aromatic N) is 1. The van der Waals surface area contributed by atoms with Gasteiger partial charge in [-0.2, -0.15) is 0 Å². The van der Waals surface area contributed by atoms with E-state index in [-0.39, 0.29) is 17.6 Å². The molecule has 106 valence electrons. The van der Waals surface area contributed by atoms with E-state index in [0.717, 1.165) is 12.1 Å². The lowest BCUT2D eigenvalue weighted by Gasteiger charge is -2.39. The molecule has 0 aromatic heterocycles. The summed E-state index contributed by atoms with van der Waals surface area (Å²) in [4.78, 5) is 2.23. The fourth-order valence-electron chi connectivity index (χ4n) is 2.57. The Kier molecular flexibility index (Phi) is 4.85. The van der Waals surface area contributed by atoms with Gasteiger partial charge in [0.05, 0.1) is 13.2 Å². The number of alkyl halides is 2. The molecule has 1 aromatic carbocycles. The second-order valence-electron chi connectivity index (χ2n) is 4.88. The normalized spacial score (nSPS) is 22.7. The highest BCUT2D eigenvalue weighted by Crippen LogP contribution is 2.27. The van der Waals surface area contributed by atoms with Crippen LogP contribution in [0.1, 0.15) is 30.5 Å². The average Bonchev–Trinajstić information content (AvgIpc) is 2.42. The summed E-state index contributed by atoms with van der Waals surface area (Å²) in [5.41, 5.74) is 6.76. The molecule has 0 amide bonds. The van der Waals surface area contributed by atoms with Gasteiger partial charge in [0.25, 0.3) is 6.43 Å². The van der Waals surface area contributed by atoms with Gasteiger partial charge in [-0.05, 0) is 18.6 Å². The molecule has 1 fully saturated rings. The lowest BCUT2D eigenvalue weighted by molar-refractivity contribution is -0.0209. The van der Waals surface area contributed by atoms with Crippen molar-refractivity contribution >= 4 is 0 Å². The molecule has 0 aliphatic carbocycles. The van der Waals surface area contributed by atoms with E-state index in [1.54, 1.807) is 12.1 Å². The van der Waals surface area contributed by atoms with E-state index in [1.165, 1.54) is 6.07 Å². The number of hydrogen-bond donors (Lipinski definition) is 1. The highest BCUT2D eigenvalue weighted by atomic mass is 19.3. The minimum atomic E-state index is -2.44. The maximum absolute atomic E-state index is 12.8. The van der Waals surface area contributed by atoms with E-state index >= 15 is 0 Å². The summed E-state index contributed by atoms with van der Waals surface area (Å²) in [6.45, 7) is 4.58. The van der Waals surface area contributed by atoms with Crippen molar-refractivity contribution in [1.29, 1.82) is 0 Å². The minimum absolute atomic E-state index is 0.0300. The van der Waals surface area contributed by atoms with Gasteiger partial charge in [0.1, 0.15) is 0 Å². The van der Waals surface area contributed by atoms with Gasteiger partial charge >= 0.3 is 0 Å². The van der Waals surface area contributed by atoms with Gasteiger partial charge in [-0.1, -0.05) is 18.2 Å². The highest BCUT2D eigenvalue weighted by Gasteiger charge is 2.27. The summed E-state index contributed by atoms with van der Waals surface area (Å²) < 4.78 is 30.9. The fraction of sp³-hybridized carbons (Fsp3) is 0.571. The standard InChI is InChI=1S/C14H20F2N2O/c1-10-9-19-6-5-18(10)13(8-17)11-3-2-4-12(7-11)14(15)16/h2-4,7,10,13-14H,5-6,8-9,17H2,1H3. The number of hydrogen-bond acceptors (Lipinski definition) is 3. The number of ether oxygens (including phenoxy) is 1. The van der Waals surface area contributed by atoms with Crippen LogP contribution < -0.4 is 5.73 Å². The predicted molar refractivity (Wildman–Crippen MR) is 70.2 cm³/mol. The molecule has 1 aliphatic heterocycles. The third-order valence-corrected chi connectivity index (χ3v) is 3.59. The lowest BCUT2D eigenvalue weighted by atomic mass is 10.0. The molecule has 1 aromatic rings. The van der Waals surface area contributed by atoms with Crippen molar-refractivity contribution in [2.75, 3.05) is 26.3 Å². The van der Waals surface area contributed by atoms with E-state index < -0.39 is 6.43 Å². The summed E-state index contributed by atoms with van der Waals surface area (Å²) in [5, 5.41) is 0. The first kappa shape index (κ1) is 14.4. The quantitative estimate of drug-likeness (QED) is 0.912. The Labute approximate surface area is 112 Å². The zero-order valence-corrected chi connectivity index (χ0v) is 11.1. The third kappa shape index (κ3) is 3.29. The summed E-state index contributed by atoms with van der Waals surface area (Å²) in [6, 6.07) is 6.76. The molecule has 0 saturated carbocycles. The molecule has 1 heterocycles. The van der Waals surface area contributed by atoms with Crippen molar-refractivity contribution in [1.82, 2.24) is 4.90 Å². The van der Waals surface area contributed by atoms with Crippen molar-refractivity contribution in [3.05, 3.63) is 35.4 Å². The largest absolute Gasteiger partial charge is 0.379 e. The second-order valence-corrected chi connectivity index (χ2v) is 4.88. The van der Waals surface area contributed by atoms with Crippen LogP contribution in [-0.4, -0.2) is 37.2 Å². The summed E-state index contributed by atoms with van der Waals surface area (Å²) in [6.07, 6.45) is -2.44. The van der Waals surface area contributed by atoms with Gasteiger partial charge in [0, 0.05) is 30.7 Å². The Balaban J connectivity index is 2.23. The minimum Gasteiger partial charge on any atom is -0.379 e. The van der Waals surface area contributed by atoms with E-state index in [4.69, 9.17) is 10.5 Å². The molecule has 2 rings (SSSR count). The average molecular weight is 270 g/mol. The SMILES string of the molecule is CC1COCCN1C(CN)c1cccc(C(F)F)c1. The Hall–Kier alpha value is -1.04. The molecule has 0 radical (unpaired) electrons. The summed E-state index contributed by atoms with van der Waals surface area (Å²) >= 11 is 0. The first-order valence-electron chi connectivity index (χ1n) is 6.55. The summed E-state index contributed by atoms with van der Waals surface area (Å²) in [5.74, 6) is 0. The molecule has 2 atom stereocenters. The van der Waals surface area contributed by atoms with Gasteiger partial charge in [0.2, 0.25) is 0 Å². The van der Waals surface area contributed by atoms with Crippen LogP contribution in [0.15, 0.2) is 24.3 Å². The van der Waals surface area contributed by atoms with Crippen molar-refractivity contribution in [2.45, 2.75) is 25.4 Å². The van der Waals surface area contributed by atoms with Crippen LogP contribution in [0.3, 0.4) is 0 Å². The monoisotopic (exact) mass is 270 g/mol. The number of morpholine rings is 1. The van der Waals surface area contributed by atoms with Crippen molar-refractivity contribution in [3.63, 3.8) is 0 Å². The molecule has 3 nitrogen and oxygen atoms in total. The maximum Gasteiger partial charge on any atom is 0.263 e. The zero-order chi connectivity index (χ0) is 13.8. The van der Waals surface area contributed by atoms with Gasteiger partial charge in [-0.3, -0.25) is 4.90 Å². The first-order valence-corrected chi connectivity index (χ1v) is 6.55. The number of benzene rings is 1. The maximum atomic E-state index is 12.8. The van der Waals surface area contributed by atoms with Crippen molar-refractivity contribution in [2.24, 2.45) is 5.73 Å². The van der Waals surface area contributed by atoms with Crippen LogP contribution in [-0.2, 0) is 4.74 Å². The second kappa shape index (κ2) is 6.41. The Bertz CT molecular complexity index is 414. The van der Waals surface area contributed by atoms with Crippen LogP contribution in [0.4, 0.5) is 8.78 Å². The molecule has 2 N–H and O–H groups in total. The van der Waals surface area contributed by atoms with Crippen LogP contribution in [0, 0.1) is 0 Å². The molecule has 0 spiro atoms. The molecule has 2 unspecified atom stereocenters. The van der Waals surface area contributed by atoms with Crippen molar-refractivity contribution < 1.29 is 13.5 Å². The number of halogens is 2. The van der Waals surface area contributed by atoms with Gasteiger partial charge in [0.15, 0.2) is 0 Å². The van der Waals surface area contributed by atoms with Crippen molar-refractivity contribution in [3.8, 4) is 0 Å². The molecule has 1 aliphatic rings. The fourth-order valence-corrected chi connectivity index (χ4v) is 2.57. The lowest BCUT2D eigenvalue weighted by Crippen LogP contribution is -2.47. The van der Waals surface area contributed by atoms with Gasteiger partial charge in [-0.15, -0.1) is 0 Å². The molecule has 5 heteroatoms. The topological polar surface area (TPSA) is 38.5 Å². The van der Waals surface area contributed by atoms with Crippen LogP contribution in [0.5, 0.6) is 0 Å². The van der Waals surface area contributed by atoms with Crippen LogP contribution in [0.25, 0.3) is 0 Å².